The first-order chi connectivity index (χ1) is 9.53. The number of Topliss-reactive ketones (excluding diaryl/α,β-unsaturated/α-hetero) is 1. The second-order valence-corrected chi connectivity index (χ2v) is 3.96. The second kappa shape index (κ2) is 4.61. The van der Waals surface area contributed by atoms with Crippen LogP contribution in [-0.4, -0.2) is 12.0 Å². The fourth-order valence-electron chi connectivity index (χ4n) is 1.69. The number of hydrogen-bond acceptors (Lipinski definition) is 3. The molecule has 0 unspecified atom stereocenters. The average molecular weight is 310 g/mol. The van der Waals surface area contributed by atoms with Gasteiger partial charge in [-0.15, -0.1) is 0 Å². The monoisotopic (exact) mass is 310 g/mol. The number of carbonyl (C=O) groups excluding carboxylic acids is 1. The van der Waals surface area contributed by atoms with Crippen molar-refractivity contribution in [2.75, 3.05) is 0 Å². The topological polar surface area (TPSA) is 47.3 Å². The maximum absolute atomic E-state index is 12.8. The Bertz CT molecular complexity index is 769. The first-order valence-corrected chi connectivity index (χ1v) is 5.28. The van der Waals surface area contributed by atoms with Gasteiger partial charge in [-0.2, -0.15) is 26.3 Å². The number of hydrogen-bond donors (Lipinski definition) is 0. The van der Waals surface area contributed by atoms with Crippen LogP contribution in [0.2, 0.25) is 0 Å². The number of benzene rings is 1. The Hall–Kier alpha value is -2.32. The minimum Gasteiger partial charge on any atom is -0.450 e. The highest BCUT2D eigenvalue weighted by Gasteiger charge is 2.48. The van der Waals surface area contributed by atoms with E-state index in [2.05, 4.69) is 4.42 Å². The van der Waals surface area contributed by atoms with Crippen molar-refractivity contribution in [3.63, 3.8) is 0 Å². The minimum absolute atomic E-state index is 0.543. The van der Waals surface area contributed by atoms with E-state index in [4.69, 9.17) is 0 Å². The lowest BCUT2D eigenvalue weighted by molar-refractivity contribution is -0.153. The molecule has 3 nitrogen and oxygen atoms in total. The molecule has 0 spiro atoms. The van der Waals surface area contributed by atoms with Crippen molar-refractivity contribution in [1.82, 2.24) is 0 Å². The molecular weight excluding hydrogens is 306 g/mol. The number of alkyl halides is 6. The van der Waals surface area contributed by atoms with E-state index in [9.17, 15) is 35.9 Å². The first kappa shape index (κ1) is 15.1. The maximum atomic E-state index is 12.8. The average Bonchev–Trinajstić information content (AvgIpc) is 2.36. The molecular formula is C12H4F6O3. The lowest BCUT2D eigenvalue weighted by Crippen LogP contribution is -2.32. The molecule has 0 N–H and O–H groups in total. The quantitative estimate of drug-likeness (QED) is 0.598. The van der Waals surface area contributed by atoms with Crippen LogP contribution in [0.5, 0.6) is 0 Å². The zero-order valence-electron chi connectivity index (χ0n) is 9.80. The Morgan fingerprint density at radius 3 is 2.10 bits per heavy atom. The van der Waals surface area contributed by atoms with Gasteiger partial charge in [-0.05, 0) is 12.1 Å². The van der Waals surface area contributed by atoms with Gasteiger partial charge in [0.15, 0.2) is 0 Å². The molecule has 2 aromatic rings. The summed E-state index contributed by atoms with van der Waals surface area (Å²) in [6.45, 7) is 0. The van der Waals surface area contributed by atoms with E-state index in [1.807, 2.05) is 0 Å². The third-order valence-corrected chi connectivity index (χ3v) is 2.54. The smallest absolute Gasteiger partial charge is 0.450 e. The Labute approximate surface area is 111 Å². The summed E-state index contributed by atoms with van der Waals surface area (Å²) in [5.74, 6) is -5.15. The van der Waals surface area contributed by atoms with Gasteiger partial charge in [-0.1, -0.05) is 12.1 Å². The third kappa shape index (κ3) is 2.63. The van der Waals surface area contributed by atoms with Gasteiger partial charge in [-0.3, -0.25) is 9.59 Å². The molecule has 0 fully saturated rings. The van der Waals surface area contributed by atoms with E-state index in [0.717, 1.165) is 12.1 Å². The largest absolute Gasteiger partial charge is 0.455 e. The molecule has 0 bridgehead atoms. The lowest BCUT2D eigenvalue weighted by atomic mass is 10.1. The van der Waals surface area contributed by atoms with Crippen LogP contribution < -0.4 is 5.43 Å². The van der Waals surface area contributed by atoms with Crippen molar-refractivity contribution >= 4 is 16.8 Å². The molecule has 1 aromatic carbocycles. The fourth-order valence-corrected chi connectivity index (χ4v) is 1.69. The molecule has 0 aliphatic heterocycles. The summed E-state index contributed by atoms with van der Waals surface area (Å²) in [6, 6.07) is 4.40. The molecule has 0 aliphatic rings. The van der Waals surface area contributed by atoms with Gasteiger partial charge in [0.25, 0.3) is 5.78 Å². The molecule has 21 heavy (non-hydrogen) atoms. The summed E-state index contributed by atoms with van der Waals surface area (Å²) >= 11 is 0. The maximum Gasteiger partial charge on any atom is 0.455 e. The van der Waals surface area contributed by atoms with E-state index >= 15 is 0 Å². The highest BCUT2D eigenvalue weighted by atomic mass is 19.4. The highest BCUT2D eigenvalue weighted by Crippen LogP contribution is 2.35. The summed E-state index contributed by atoms with van der Waals surface area (Å²) in [7, 11) is 0. The number of para-hydroxylation sites is 1. The standard InChI is InChI=1S/C12H4F6O3/c13-11(14,15)9(20)7-8(19)5-3-1-2-4-6(5)21-10(7)12(16,17)18/h1-4H. The van der Waals surface area contributed by atoms with Crippen LogP contribution in [0.15, 0.2) is 33.5 Å². The Balaban J connectivity index is 2.93. The van der Waals surface area contributed by atoms with E-state index < -0.39 is 45.9 Å². The summed E-state index contributed by atoms with van der Waals surface area (Å²) in [6.07, 6.45) is -11.0. The number of rotatable bonds is 1. The van der Waals surface area contributed by atoms with Crippen molar-refractivity contribution in [2.24, 2.45) is 0 Å². The molecule has 0 aliphatic carbocycles. The third-order valence-electron chi connectivity index (χ3n) is 2.54. The Morgan fingerprint density at radius 2 is 1.57 bits per heavy atom. The molecule has 0 saturated heterocycles. The summed E-state index contributed by atoms with van der Waals surface area (Å²) in [4.78, 5) is 22.9. The van der Waals surface area contributed by atoms with Crippen molar-refractivity contribution in [2.45, 2.75) is 12.4 Å². The van der Waals surface area contributed by atoms with Crippen molar-refractivity contribution in [3.05, 3.63) is 45.8 Å². The van der Waals surface area contributed by atoms with E-state index in [1.165, 1.54) is 12.1 Å². The number of carbonyl (C=O) groups is 1. The number of ketones is 1. The molecule has 9 heteroatoms. The molecule has 112 valence electrons. The van der Waals surface area contributed by atoms with Crippen LogP contribution in [-0.2, 0) is 6.18 Å². The van der Waals surface area contributed by atoms with Gasteiger partial charge in [0.2, 0.25) is 11.2 Å². The SMILES string of the molecule is O=C(c1c(C(F)(F)F)oc2ccccc2c1=O)C(F)(F)F. The van der Waals surface area contributed by atoms with Crippen molar-refractivity contribution < 1.29 is 35.6 Å². The van der Waals surface area contributed by atoms with Gasteiger partial charge in [0, 0.05) is 0 Å². The highest BCUT2D eigenvalue weighted by molar-refractivity contribution is 6.03. The Morgan fingerprint density at radius 1 is 1.00 bits per heavy atom. The van der Waals surface area contributed by atoms with E-state index in [0.29, 0.717) is 0 Å². The van der Waals surface area contributed by atoms with Crippen LogP contribution in [0.3, 0.4) is 0 Å². The van der Waals surface area contributed by atoms with Gasteiger partial charge >= 0.3 is 12.4 Å². The molecule has 0 atom stereocenters. The molecule has 1 heterocycles. The van der Waals surface area contributed by atoms with Crippen molar-refractivity contribution in [3.8, 4) is 0 Å². The van der Waals surface area contributed by atoms with Gasteiger partial charge in [-0.25, -0.2) is 0 Å². The lowest BCUT2D eigenvalue weighted by Gasteiger charge is -2.12. The number of fused-ring (bicyclic) bond motifs is 1. The number of halogens is 6. The first-order valence-electron chi connectivity index (χ1n) is 5.28. The minimum atomic E-state index is -5.63. The van der Waals surface area contributed by atoms with Crippen LogP contribution in [0.25, 0.3) is 11.0 Å². The van der Waals surface area contributed by atoms with Gasteiger partial charge in [0.05, 0.1) is 5.39 Å². The molecule has 2 rings (SSSR count). The summed E-state index contributed by atoms with van der Waals surface area (Å²) < 4.78 is 79.7. The molecule has 0 saturated carbocycles. The van der Waals surface area contributed by atoms with Crippen LogP contribution in [0.4, 0.5) is 26.3 Å². The summed E-state index contributed by atoms with van der Waals surface area (Å²) in [5.41, 5.74) is -4.30. The molecule has 1 aromatic heterocycles. The van der Waals surface area contributed by atoms with Crippen molar-refractivity contribution in [1.29, 1.82) is 0 Å². The van der Waals surface area contributed by atoms with E-state index in [-0.39, 0.29) is 0 Å². The normalized spacial score (nSPS) is 12.7. The zero-order valence-corrected chi connectivity index (χ0v) is 9.80. The molecule has 0 amide bonds. The van der Waals surface area contributed by atoms with Crippen LogP contribution in [0, 0.1) is 0 Å². The molecule has 0 radical (unpaired) electrons. The predicted molar refractivity (Wildman–Crippen MR) is 57.9 cm³/mol. The van der Waals surface area contributed by atoms with Crippen LogP contribution in [0.1, 0.15) is 16.1 Å². The predicted octanol–water partition coefficient (Wildman–Crippen LogP) is 3.56. The van der Waals surface area contributed by atoms with E-state index in [1.54, 1.807) is 0 Å². The van der Waals surface area contributed by atoms with Crippen LogP contribution >= 0.6 is 0 Å². The zero-order chi connectivity index (χ0) is 16.0. The Kier molecular flexibility index (Phi) is 3.31. The second-order valence-electron chi connectivity index (χ2n) is 3.96. The van der Waals surface area contributed by atoms with Gasteiger partial charge < -0.3 is 4.42 Å². The van der Waals surface area contributed by atoms with Gasteiger partial charge in [0.1, 0.15) is 11.1 Å². The summed E-state index contributed by atoms with van der Waals surface area (Å²) in [5, 5.41) is -0.543. The fraction of sp³-hybridized carbons (Fsp3) is 0.167.